The first-order valence-corrected chi connectivity index (χ1v) is 11.4. The molecule has 0 spiro atoms. The highest BCUT2D eigenvalue weighted by Crippen LogP contribution is 2.35. The van der Waals surface area contributed by atoms with Gasteiger partial charge in [0.25, 0.3) is 0 Å². The van der Waals surface area contributed by atoms with Crippen LogP contribution in [0.5, 0.6) is 11.5 Å². The molecule has 0 saturated heterocycles. The van der Waals surface area contributed by atoms with Gasteiger partial charge in [0.15, 0.2) is 11.5 Å². The zero-order valence-electron chi connectivity index (χ0n) is 19.0. The Hall–Kier alpha value is -4.42. The molecule has 2 heterocycles. The largest absolute Gasteiger partial charge is 0.504 e. The molecule has 0 aliphatic carbocycles. The van der Waals surface area contributed by atoms with Gasteiger partial charge in [-0.25, -0.2) is 4.98 Å². The Labute approximate surface area is 203 Å². The molecule has 35 heavy (non-hydrogen) atoms. The maximum absolute atomic E-state index is 11.6. The molecular formula is C29H25N3O3. The van der Waals surface area contributed by atoms with Gasteiger partial charge in [-0.1, -0.05) is 60.7 Å². The van der Waals surface area contributed by atoms with Crippen LogP contribution in [0.3, 0.4) is 0 Å². The fourth-order valence-corrected chi connectivity index (χ4v) is 4.23. The first-order valence-electron chi connectivity index (χ1n) is 11.4. The van der Waals surface area contributed by atoms with E-state index in [1.165, 1.54) is 6.07 Å². The van der Waals surface area contributed by atoms with Crippen LogP contribution in [0.1, 0.15) is 28.4 Å². The average Bonchev–Trinajstić information content (AvgIpc) is 2.90. The Morgan fingerprint density at radius 2 is 1.60 bits per heavy atom. The number of carbonyl (C=O) groups excluding carboxylic acids is 1. The predicted octanol–water partition coefficient (Wildman–Crippen LogP) is 4.93. The Kier molecular flexibility index (Phi) is 6.28. The number of benzene rings is 3. The third-order valence-corrected chi connectivity index (χ3v) is 6.08. The van der Waals surface area contributed by atoms with Gasteiger partial charge in [-0.05, 0) is 47.2 Å². The van der Waals surface area contributed by atoms with Crippen LogP contribution in [0.25, 0.3) is 28.5 Å². The molecule has 1 aromatic heterocycles. The number of rotatable bonds is 7. The summed E-state index contributed by atoms with van der Waals surface area (Å²) >= 11 is 0. The molecule has 0 bridgehead atoms. The molecular weight excluding hydrogens is 438 g/mol. The first kappa shape index (κ1) is 22.4. The van der Waals surface area contributed by atoms with Gasteiger partial charge in [-0.15, -0.1) is 0 Å². The molecule has 4 N–H and O–H groups in total. The molecule has 1 aliphatic heterocycles. The summed E-state index contributed by atoms with van der Waals surface area (Å²) in [5.74, 6) is -0.242. The number of nitrogens with one attached hydrogen (secondary N) is 2. The summed E-state index contributed by atoms with van der Waals surface area (Å²) in [7, 11) is 0. The minimum absolute atomic E-state index is 0.120. The quantitative estimate of drug-likeness (QED) is 0.229. The van der Waals surface area contributed by atoms with Crippen molar-refractivity contribution in [2.24, 2.45) is 0 Å². The van der Waals surface area contributed by atoms with Crippen LogP contribution in [-0.4, -0.2) is 21.5 Å². The third-order valence-electron chi connectivity index (χ3n) is 6.08. The number of nitrogens with zero attached hydrogens (tertiary/aromatic N) is 1. The molecule has 1 aliphatic rings. The van der Waals surface area contributed by atoms with Crippen molar-refractivity contribution >= 4 is 12.4 Å². The topological polar surface area (TPSA) is 94.5 Å². The van der Waals surface area contributed by atoms with Gasteiger partial charge in [0.2, 0.25) is 0 Å². The second-order valence-corrected chi connectivity index (χ2v) is 8.46. The summed E-state index contributed by atoms with van der Waals surface area (Å²) in [6.45, 7) is 1.22. The lowest BCUT2D eigenvalue weighted by Crippen LogP contribution is -2.21. The van der Waals surface area contributed by atoms with Gasteiger partial charge < -0.3 is 25.6 Å². The highest BCUT2D eigenvalue weighted by Gasteiger charge is 2.21. The molecule has 1 atom stereocenters. The Morgan fingerprint density at radius 3 is 2.34 bits per heavy atom. The van der Waals surface area contributed by atoms with Crippen molar-refractivity contribution < 1.29 is 15.0 Å². The molecule has 0 radical (unpaired) electrons. The number of hydrogen-bond acceptors (Lipinski definition) is 6. The number of aromatic hydroxyl groups is 2. The van der Waals surface area contributed by atoms with Crippen LogP contribution in [0.15, 0.2) is 85.1 Å². The van der Waals surface area contributed by atoms with Crippen molar-refractivity contribution in [2.75, 3.05) is 0 Å². The van der Waals surface area contributed by atoms with E-state index in [1.807, 2.05) is 36.4 Å². The molecule has 4 aromatic rings. The van der Waals surface area contributed by atoms with E-state index < -0.39 is 6.04 Å². The van der Waals surface area contributed by atoms with Gasteiger partial charge in [0.1, 0.15) is 12.3 Å². The summed E-state index contributed by atoms with van der Waals surface area (Å²) in [4.78, 5) is 16.6. The van der Waals surface area contributed by atoms with E-state index >= 15 is 0 Å². The van der Waals surface area contributed by atoms with Gasteiger partial charge in [0.05, 0.1) is 11.4 Å². The summed E-state index contributed by atoms with van der Waals surface area (Å²) < 4.78 is 0. The number of hydrogen-bond donors (Lipinski definition) is 4. The summed E-state index contributed by atoms with van der Waals surface area (Å²) in [5, 5.41) is 25.5. The molecule has 0 fully saturated rings. The standard InChI is InChI=1S/C29H25N3O3/c33-18-26-24-15-23(21-4-2-1-3-5-21)29(32-25(24)12-13-31-26)22-9-6-19(7-10-22)16-30-17-20-8-11-27(34)28(35)14-20/h1-15,18,26,30-31,34-35H,16-17H2. The summed E-state index contributed by atoms with van der Waals surface area (Å²) in [6, 6.07) is 24.8. The number of aromatic nitrogens is 1. The highest BCUT2D eigenvalue weighted by molar-refractivity contribution is 5.84. The number of phenolic OH excluding ortho intramolecular Hbond substituents is 2. The number of fused-ring (bicyclic) bond motifs is 1. The summed E-state index contributed by atoms with van der Waals surface area (Å²) in [5.41, 5.74) is 7.54. The molecule has 6 nitrogen and oxygen atoms in total. The average molecular weight is 464 g/mol. The predicted molar refractivity (Wildman–Crippen MR) is 136 cm³/mol. The van der Waals surface area contributed by atoms with E-state index in [0.29, 0.717) is 13.1 Å². The fraction of sp³-hybridized carbons (Fsp3) is 0.103. The van der Waals surface area contributed by atoms with Crippen LogP contribution < -0.4 is 10.6 Å². The molecule has 6 heteroatoms. The van der Waals surface area contributed by atoms with Gasteiger partial charge in [-0.3, -0.25) is 0 Å². The maximum Gasteiger partial charge on any atom is 0.157 e. The minimum atomic E-state index is -0.414. The van der Waals surface area contributed by atoms with E-state index in [9.17, 15) is 15.0 Å². The van der Waals surface area contributed by atoms with Gasteiger partial charge in [-0.2, -0.15) is 0 Å². The zero-order valence-corrected chi connectivity index (χ0v) is 19.0. The van der Waals surface area contributed by atoms with Crippen molar-refractivity contribution in [3.8, 4) is 33.9 Å². The van der Waals surface area contributed by atoms with E-state index in [1.54, 1.807) is 18.3 Å². The molecule has 3 aromatic carbocycles. The Balaban J connectivity index is 1.40. The van der Waals surface area contributed by atoms with E-state index in [-0.39, 0.29) is 11.5 Å². The van der Waals surface area contributed by atoms with Crippen LogP contribution in [0.4, 0.5) is 0 Å². The van der Waals surface area contributed by atoms with Crippen molar-refractivity contribution in [1.82, 2.24) is 15.6 Å². The number of pyridine rings is 1. The molecule has 0 amide bonds. The van der Waals surface area contributed by atoms with E-state index in [4.69, 9.17) is 4.98 Å². The highest BCUT2D eigenvalue weighted by atomic mass is 16.3. The minimum Gasteiger partial charge on any atom is -0.504 e. The second kappa shape index (κ2) is 9.83. The molecule has 1 unspecified atom stereocenters. The monoisotopic (exact) mass is 463 g/mol. The summed E-state index contributed by atoms with van der Waals surface area (Å²) in [6.07, 6.45) is 4.57. The Bertz CT molecular complexity index is 1380. The molecule has 174 valence electrons. The third kappa shape index (κ3) is 4.78. The van der Waals surface area contributed by atoms with Gasteiger partial charge in [0, 0.05) is 29.8 Å². The lowest BCUT2D eigenvalue weighted by atomic mass is 9.93. The molecule has 0 saturated carbocycles. The molecule has 5 rings (SSSR count). The maximum atomic E-state index is 11.6. The smallest absolute Gasteiger partial charge is 0.157 e. The van der Waals surface area contributed by atoms with Crippen LogP contribution in [0, 0.1) is 0 Å². The Morgan fingerprint density at radius 1 is 0.857 bits per heavy atom. The van der Waals surface area contributed by atoms with Crippen molar-refractivity contribution in [1.29, 1.82) is 0 Å². The first-order chi connectivity index (χ1) is 17.1. The second-order valence-electron chi connectivity index (χ2n) is 8.46. The van der Waals surface area contributed by atoms with Crippen LogP contribution in [-0.2, 0) is 17.9 Å². The van der Waals surface area contributed by atoms with Crippen molar-refractivity contribution in [2.45, 2.75) is 19.1 Å². The van der Waals surface area contributed by atoms with E-state index in [2.05, 4.69) is 41.0 Å². The van der Waals surface area contributed by atoms with Crippen molar-refractivity contribution in [3.05, 3.63) is 107 Å². The van der Waals surface area contributed by atoms with Crippen LogP contribution >= 0.6 is 0 Å². The van der Waals surface area contributed by atoms with Crippen molar-refractivity contribution in [3.63, 3.8) is 0 Å². The lowest BCUT2D eigenvalue weighted by Gasteiger charge is -2.21. The number of phenols is 2. The zero-order chi connectivity index (χ0) is 24.2. The van der Waals surface area contributed by atoms with E-state index in [0.717, 1.165) is 51.1 Å². The normalized spacial score (nSPS) is 14.2. The lowest BCUT2D eigenvalue weighted by molar-refractivity contribution is -0.109. The SMILES string of the molecule is O=CC1NC=Cc2nc(-c3ccc(CNCc4ccc(O)c(O)c4)cc3)c(-c3ccccc3)cc21. The fourth-order valence-electron chi connectivity index (χ4n) is 4.23. The van der Waals surface area contributed by atoms with Crippen LogP contribution in [0.2, 0.25) is 0 Å². The number of aldehydes is 1. The number of carbonyl (C=O) groups is 1. The van der Waals surface area contributed by atoms with Gasteiger partial charge >= 0.3 is 0 Å².